The minimum atomic E-state index is -0.712. The lowest BCUT2D eigenvalue weighted by Gasteiger charge is -2.27. The molecular weight excluding hydrogens is 276 g/mol. The molecule has 0 aliphatic heterocycles. The van der Waals surface area contributed by atoms with Crippen LogP contribution in [0.5, 0.6) is 0 Å². The van der Waals surface area contributed by atoms with Crippen molar-refractivity contribution in [3.05, 3.63) is 5.82 Å². The highest BCUT2D eigenvalue weighted by Gasteiger charge is 2.34. The fourth-order valence-electron chi connectivity index (χ4n) is 1.60. The Morgan fingerprint density at radius 3 is 2.65 bits per heavy atom. The van der Waals surface area contributed by atoms with Gasteiger partial charge >= 0.3 is 5.97 Å². The van der Waals surface area contributed by atoms with E-state index in [1.165, 1.54) is 11.8 Å². The number of esters is 1. The zero-order chi connectivity index (χ0) is 15.2. The van der Waals surface area contributed by atoms with Crippen molar-refractivity contribution in [2.45, 2.75) is 44.8 Å². The zero-order valence-corrected chi connectivity index (χ0v) is 13.7. The van der Waals surface area contributed by atoms with Gasteiger partial charge in [0.05, 0.1) is 6.61 Å². The lowest BCUT2D eigenvalue weighted by molar-refractivity contribution is -0.149. The molecule has 0 aliphatic carbocycles. The first kappa shape index (κ1) is 17.0. The van der Waals surface area contributed by atoms with Gasteiger partial charge < -0.3 is 14.6 Å². The summed E-state index contributed by atoms with van der Waals surface area (Å²) in [6.07, 6.45) is 0.961. The standard InChI is InChI=1S/C13H24N4O2S/c1-6-8-14-13(4,11(18)19-7-2)9-20-12-16-15-10(3)17(12)5/h14H,6-9H2,1-5H3. The van der Waals surface area contributed by atoms with Crippen LogP contribution in [0.15, 0.2) is 5.16 Å². The third-order valence-corrected chi connectivity index (χ3v) is 4.37. The minimum absolute atomic E-state index is 0.222. The van der Waals surface area contributed by atoms with Crippen LogP contribution < -0.4 is 5.32 Å². The summed E-state index contributed by atoms with van der Waals surface area (Å²) in [5, 5.41) is 12.2. The molecule has 1 atom stereocenters. The fourth-order valence-corrected chi connectivity index (χ4v) is 2.66. The normalized spacial score (nSPS) is 14.1. The monoisotopic (exact) mass is 300 g/mol. The van der Waals surface area contributed by atoms with Crippen LogP contribution in [0, 0.1) is 6.92 Å². The number of rotatable bonds is 8. The van der Waals surface area contributed by atoms with Crippen molar-refractivity contribution in [2.24, 2.45) is 7.05 Å². The first-order valence-electron chi connectivity index (χ1n) is 6.85. The van der Waals surface area contributed by atoms with E-state index in [2.05, 4.69) is 22.4 Å². The maximum atomic E-state index is 12.1. The lowest BCUT2D eigenvalue weighted by atomic mass is 10.1. The summed E-state index contributed by atoms with van der Waals surface area (Å²) in [5.41, 5.74) is -0.712. The van der Waals surface area contributed by atoms with Crippen molar-refractivity contribution in [1.82, 2.24) is 20.1 Å². The zero-order valence-electron chi connectivity index (χ0n) is 12.9. The van der Waals surface area contributed by atoms with E-state index in [0.717, 1.165) is 23.9 Å². The molecule has 0 saturated heterocycles. The van der Waals surface area contributed by atoms with Crippen molar-refractivity contribution >= 4 is 17.7 Å². The van der Waals surface area contributed by atoms with Crippen molar-refractivity contribution in [2.75, 3.05) is 18.9 Å². The predicted octanol–water partition coefficient (Wildman–Crippen LogP) is 1.54. The first-order chi connectivity index (χ1) is 9.44. The van der Waals surface area contributed by atoms with E-state index < -0.39 is 5.54 Å². The number of aromatic nitrogens is 3. The topological polar surface area (TPSA) is 69.0 Å². The molecule has 1 heterocycles. The van der Waals surface area contributed by atoms with Gasteiger partial charge in [0.1, 0.15) is 11.4 Å². The Labute approximate surface area is 124 Å². The predicted molar refractivity (Wildman–Crippen MR) is 79.8 cm³/mol. The smallest absolute Gasteiger partial charge is 0.326 e. The van der Waals surface area contributed by atoms with Crippen LogP contribution in [0.4, 0.5) is 0 Å². The summed E-state index contributed by atoms with van der Waals surface area (Å²) in [5.74, 6) is 1.18. The number of aryl methyl sites for hydroxylation is 1. The van der Waals surface area contributed by atoms with Gasteiger partial charge in [0, 0.05) is 12.8 Å². The first-order valence-corrected chi connectivity index (χ1v) is 7.84. The molecule has 1 aromatic rings. The molecule has 0 aromatic carbocycles. The molecule has 0 fully saturated rings. The Bertz CT molecular complexity index is 450. The van der Waals surface area contributed by atoms with Gasteiger partial charge in [-0.1, -0.05) is 18.7 Å². The maximum absolute atomic E-state index is 12.1. The van der Waals surface area contributed by atoms with E-state index in [0.29, 0.717) is 12.4 Å². The highest BCUT2D eigenvalue weighted by molar-refractivity contribution is 7.99. The Balaban J connectivity index is 2.74. The Hall–Kier alpha value is -1.08. The number of carbonyl (C=O) groups is 1. The van der Waals surface area contributed by atoms with Crippen LogP contribution in [-0.4, -0.2) is 45.2 Å². The van der Waals surface area contributed by atoms with Gasteiger partial charge in [-0.2, -0.15) is 0 Å². The van der Waals surface area contributed by atoms with Crippen LogP contribution in [0.3, 0.4) is 0 Å². The van der Waals surface area contributed by atoms with Gasteiger partial charge in [-0.05, 0) is 33.7 Å². The number of carbonyl (C=O) groups excluding carboxylic acids is 1. The van der Waals surface area contributed by atoms with Crippen molar-refractivity contribution in [3.63, 3.8) is 0 Å². The van der Waals surface area contributed by atoms with Crippen LogP contribution >= 0.6 is 11.8 Å². The van der Waals surface area contributed by atoms with E-state index in [1.807, 2.05) is 32.4 Å². The van der Waals surface area contributed by atoms with Crippen molar-refractivity contribution in [3.8, 4) is 0 Å². The minimum Gasteiger partial charge on any atom is -0.465 e. The number of thioether (sulfide) groups is 1. The highest BCUT2D eigenvalue weighted by Crippen LogP contribution is 2.22. The molecule has 7 heteroatoms. The number of nitrogens with one attached hydrogen (secondary N) is 1. The lowest BCUT2D eigenvalue weighted by Crippen LogP contribution is -2.53. The quantitative estimate of drug-likeness (QED) is 0.580. The maximum Gasteiger partial charge on any atom is 0.326 e. The van der Waals surface area contributed by atoms with Crippen LogP contribution in [0.25, 0.3) is 0 Å². The van der Waals surface area contributed by atoms with E-state index in [4.69, 9.17) is 4.74 Å². The molecule has 1 unspecified atom stereocenters. The van der Waals surface area contributed by atoms with E-state index >= 15 is 0 Å². The average molecular weight is 300 g/mol. The highest BCUT2D eigenvalue weighted by atomic mass is 32.2. The molecular formula is C13H24N4O2S. The van der Waals surface area contributed by atoms with Crippen molar-refractivity contribution < 1.29 is 9.53 Å². The Morgan fingerprint density at radius 2 is 2.15 bits per heavy atom. The third kappa shape index (κ3) is 4.21. The summed E-state index contributed by atoms with van der Waals surface area (Å²) < 4.78 is 7.08. The third-order valence-electron chi connectivity index (χ3n) is 3.03. The fraction of sp³-hybridized carbons (Fsp3) is 0.769. The molecule has 114 valence electrons. The summed E-state index contributed by atoms with van der Waals surface area (Å²) in [6, 6.07) is 0. The Kier molecular flexibility index (Phi) is 6.48. The average Bonchev–Trinajstić information content (AvgIpc) is 2.74. The summed E-state index contributed by atoms with van der Waals surface area (Å²) in [6.45, 7) is 8.81. The molecule has 6 nitrogen and oxygen atoms in total. The van der Waals surface area contributed by atoms with Crippen LogP contribution in [0.2, 0.25) is 0 Å². The number of nitrogens with zero attached hydrogens (tertiary/aromatic N) is 3. The molecule has 1 aromatic heterocycles. The van der Waals surface area contributed by atoms with Gasteiger partial charge in [0.15, 0.2) is 5.16 Å². The van der Waals surface area contributed by atoms with E-state index in [1.54, 1.807) is 0 Å². The van der Waals surface area contributed by atoms with Gasteiger partial charge in [0.2, 0.25) is 0 Å². The molecule has 20 heavy (non-hydrogen) atoms. The molecule has 0 radical (unpaired) electrons. The van der Waals surface area contributed by atoms with Gasteiger partial charge in [-0.3, -0.25) is 4.79 Å². The van der Waals surface area contributed by atoms with Gasteiger partial charge in [-0.25, -0.2) is 0 Å². The molecule has 0 saturated carbocycles. The van der Waals surface area contributed by atoms with Gasteiger partial charge in [0.25, 0.3) is 0 Å². The van der Waals surface area contributed by atoms with Crippen LogP contribution in [0.1, 0.15) is 33.0 Å². The second-order valence-electron chi connectivity index (χ2n) is 4.86. The SMILES string of the molecule is CCCNC(C)(CSc1nnc(C)n1C)C(=O)OCC. The number of hydrogen-bond donors (Lipinski definition) is 1. The molecule has 1 rings (SSSR count). The van der Waals surface area contributed by atoms with Crippen LogP contribution in [-0.2, 0) is 16.6 Å². The molecule has 0 bridgehead atoms. The second kappa shape index (κ2) is 7.64. The summed E-state index contributed by atoms with van der Waals surface area (Å²) in [4.78, 5) is 12.1. The van der Waals surface area contributed by atoms with E-state index in [9.17, 15) is 4.79 Å². The summed E-state index contributed by atoms with van der Waals surface area (Å²) >= 11 is 1.51. The number of ether oxygens (including phenoxy) is 1. The molecule has 0 amide bonds. The van der Waals surface area contributed by atoms with Gasteiger partial charge in [-0.15, -0.1) is 10.2 Å². The number of hydrogen-bond acceptors (Lipinski definition) is 6. The molecule has 0 spiro atoms. The molecule has 1 N–H and O–H groups in total. The Morgan fingerprint density at radius 1 is 1.45 bits per heavy atom. The second-order valence-corrected chi connectivity index (χ2v) is 5.80. The largest absolute Gasteiger partial charge is 0.465 e. The van der Waals surface area contributed by atoms with E-state index in [-0.39, 0.29) is 5.97 Å². The summed E-state index contributed by atoms with van der Waals surface area (Å²) in [7, 11) is 1.92. The van der Waals surface area contributed by atoms with Crippen molar-refractivity contribution in [1.29, 1.82) is 0 Å². The molecule has 0 aliphatic rings.